The van der Waals surface area contributed by atoms with Crippen molar-refractivity contribution < 1.29 is 0 Å². The van der Waals surface area contributed by atoms with Crippen LogP contribution in [0.15, 0.2) is 146 Å². The van der Waals surface area contributed by atoms with E-state index in [1.165, 1.54) is 76.5 Å². The van der Waals surface area contributed by atoms with Crippen LogP contribution >= 0.6 is 0 Å². The lowest BCUT2D eigenvalue weighted by atomic mass is 10.0. The molecule has 2 aromatic heterocycles. The first kappa shape index (κ1) is 21.6. The van der Waals surface area contributed by atoms with Gasteiger partial charge >= 0.3 is 0 Å². The largest absolute Gasteiger partial charge is 0.309 e. The van der Waals surface area contributed by atoms with E-state index in [1.54, 1.807) is 0 Å². The first-order chi connectivity index (χ1) is 19.8. The summed E-state index contributed by atoms with van der Waals surface area (Å²) in [6, 6.07) is 53.1. The molecule has 2 heteroatoms. The van der Waals surface area contributed by atoms with Crippen molar-refractivity contribution in [3.8, 4) is 11.4 Å². The third kappa shape index (κ3) is 2.93. The van der Waals surface area contributed by atoms with Crippen molar-refractivity contribution >= 4 is 65.2 Å². The highest BCUT2D eigenvalue weighted by Gasteiger charge is 2.18. The number of fused-ring (bicyclic) bond motifs is 9. The molecule has 0 atom stereocenters. The van der Waals surface area contributed by atoms with Gasteiger partial charge in [-0.3, -0.25) is 0 Å². The van der Waals surface area contributed by atoms with Crippen molar-refractivity contribution in [2.45, 2.75) is 0 Å². The van der Waals surface area contributed by atoms with Gasteiger partial charge in [0.05, 0.1) is 22.1 Å². The minimum atomic E-state index is 1.18. The van der Waals surface area contributed by atoms with E-state index >= 15 is 0 Å². The maximum Gasteiger partial charge on any atom is 0.0620 e. The third-order valence-electron chi connectivity index (χ3n) is 8.45. The van der Waals surface area contributed by atoms with E-state index in [0.717, 1.165) is 0 Å². The molecule has 0 spiro atoms. The maximum absolute atomic E-state index is 2.46. The van der Waals surface area contributed by atoms with Crippen molar-refractivity contribution in [1.29, 1.82) is 0 Å². The summed E-state index contributed by atoms with van der Waals surface area (Å²) < 4.78 is 4.87. The molecule has 0 saturated carbocycles. The first-order valence-electron chi connectivity index (χ1n) is 13.8. The quantitative estimate of drug-likeness (QED) is 0.220. The highest BCUT2D eigenvalue weighted by Crippen LogP contribution is 2.41. The van der Waals surface area contributed by atoms with Crippen LogP contribution in [0.25, 0.3) is 76.5 Å². The number of aromatic nitrogens is 2. The van der Waals surface area contributed by atoms with Gasteiger partial charge in [0.1, 0.15) is 0 Å². The Morgan fingerprint density at radius 1 is 0.300 bits per heavy atom. The van der Waals surface area contributed by atoms with Gasteiger partial charge in [0.15, 0.2) is 0 Å². The van der Waals surface area contributed by atoms with E-state index in [4.69, 9.17) is 0 Å². The van der Waals surface area contributed by atoms with E-state index < -0.39 is 0 Å². The number of hydrogen-bond acceptors (Lipinski definition) is 0. The Kier molecular flexibility index (Phi) is 4.36. The summed E-state index contributed by atoms with van der Waals surface area (Å²) in [5.41, 5.74) is 7.29. The minimum Gasteiger partial charge on any atom is -0.309 e. The van der Waals surface area contributed by atoms with Crippen LogP contribution in [0.1, 0.15) is 0 Å². The van der Waals surface area contributed by atoms with Gasteiger partial charge in [-0.15, -0.1) is 0 Å². The molecule has 2 heterocycles. The van der Waals surface area contributed by atoms with Crippen LogP contribution in [0.2, 0.25) is 0 Å². The van der Waals surface area contributed by atoms with Crippen molar-refractivity contribution in [3.63, 3.8) is 0 Å². The van der Waals surface area contributed by atoms with E-state index in [1.807, 2.05) is 0 Å². The second-order valence-electron chi connectivity index (χ2n) is 10.6. The van der Waals surface area contributed by atoms with Crippen LogP contribution < -0.4 is 0 Å². The first-order valence-corrected chi connectivity index (χ1v) is 13.8. The van der Waals surface area contributed by atoms with Crippen molar-refractivity contribution in [3.05, 3.63) is 146 Å². The summed E-state index contributed by atoms with van der Waals surface area (Å²) in [5.74, 6) is 0. The van der Waals surface area contributed by atoms with Crippen LogP contribution in [-0.2, 0) is 0 Å². The Bertz CT molecular complexity index is 2420. The molecule has 0 amide bonds. The summed E-state index contributed by atoms with van der Waals surface area (Å²) in [7, 11) is 0. The summed E-state index contributed by atoms with van der Waals surface area (Å²) in [6.07, 6.45) is 0. The molecule has 0 bridgehead atoms. The highest BCUT2D eigenvalue weighted by atomic mass is 15.0. The maximum atomic E-state index is 2.46. The molecule has 40 heavy (non-hydrogen) atoms. The average Bonchev–Trinajstić information content (AvgIpc) is 3.53. The summed E-state index contributed by atoms with van der Waals surface area (Å²) in [6.45, 7) is 0. The molecule has 9 aromatic rings. The van der Waals surface area contributed by atoms with Crippen LogP contribution in [0.5, 0.6) is 0 Å². The van der Waals surface area contributed by atoms with E-state index in [9.17, 15) is 0 Å². The normalized spacial score (nSPS) is 12.0. The van der Waals surface area contributed by atoms with Crippen LogP contribution in [0, 0.1) is 0 Å². The van der Waals surface area contributed by atoms with Crippen LogP contribution in [0.4, 0.5) is 0 Å². The number of para-hydroxylation sites is 3. The van der Waals surface area contributed by atoms with Crippen LogP contribution in [0.3, 0.4) is 0 Å². The molecule has 0 aliphatic heterocycles. The van der Waals surface area contributed by atoms with Crippen molar-refractivity contribution in [2.75, 3.05) is 0 Å². The summed E-state index contributed by atoms with van der Waals surface area (Å²) in [4.78, 5) is 0. The zero-order chi connectivity index (χ0) is 26.2. The minimum absolute atomic E-state index is 1.18. The molecule has 0 aliphatic rings. The molecule has 186 valence electrons. The molecule has 7 aromatic carbocycles. The van der Waals surface area contributed by atoms with Gasteiger partial charge in [-0.05, 0) is 64.7 Å². The molecule has 0 fully saturated rings. The molecular formula is C38H24N2. The molecular weight excluding hydrogens is 484 g/mol. The zero-order valence-electron chi connectivity index (χ0n) is 21.8. The Hall–Kier alpha value is -5.34. The van der Waals surface area contributed by atoms with E-state index in [0.29, 0.717) is 0 Å². The van der Waals surface area contributed by atoms with Crippen molar-refractivity contribution in [2.24, 2.45) is 0 Å². The fourth-order valence-electron chi connectivity index (χ4n) is 6.69. The molecule has 0 radical (unpaired) electrons. The molecule has 2 nitrogen and oxygen atoms in total. The Morgan fingerprint density at radius 2 is 0.950 bits per heavy atom. The second kappa shape index (κ2) is 8.08. The van der Waals surface area contributed by atoms with E-state index in [-0.39, 0.29) is 0 Å². The smallest absolute Gasteiger partial charge is 0.0620 e. The van der Waals surface area contributed by atoms with E-state index in [2.05, 4.69) is 155 Å². The molecule has 0 unspecified atom stereocenters. The Balaban J connectivity index is 1.47. The molecule has 0 saturated heterocycles. The standard InChI is InChI=1S/C38H24N2/c1-2-12-28(13-3-1)39-35-16-8-7-15-31(35)34-23-27-19-21-32-30-14-6-9-17-36(30)40(38(32)33(27)24-37(34)39)29-20-18-25-10-4-5-11-26(25)22-29/h1-24H. The van der Waals surface area contributed by atoms with Gasteiger partial charge in [0.2, 0.25) is 0 Å². The highest BCUT2D eigenvalue weighted by molar-refractivity contribution is 6.22. The van der Waals surface area contributed by atoms with Gasteiger partial charge in [0.25, 0.3) is 0 Å². The fourth-order valence-corrected chi connectivity index (χ4v) is 6.69. The molecule has 0 aliphatic carbocycles. The zero-order valence-corrected chi connectivity index (χ0v) is 21.8. The number of benzene rings is 7. The van der Waals surface area contributed by atoms with Crippen molar-refractivity contribution in [1.82, 2.24) is 9.13 Å². The van der Waals surface area contributed by atoms with Gasteiger partial charge in [-0.25, -0.2) is 0 Å². The number of rotatable bonds is 2. The van der Waals surface area contributed by atoms with Gasteiger partial charge in [-0.2, -0.15) is 0 Å². The molecule has 0 N–H and O–H groups in total. The van der Waals surface area contributed by atoms with Gasteiger partial charge in [0, 0.05) is 38.3 Å². The Morgan fingerprint density at radius 3 is 1.77 bits per heavy atom. The van der Waals surface area contributed by atoms with Crippen LogP contribution in [-0.4, -0.2) is 9.13 Å². The fraction of sp³-hybridized carbons (Fsp3) is 0. The number of nitrogens with zero attached hydrogens (tertiary/aromatic N) is 2. The summed E-state index contributed by atoms with van der Waals surface area (Å²) in [5, 5.41) is 10.1. The second-order valence-corrected chi connectivity index (χ2v) is 10.6. The third-order valence-corrected chi connectivity index (χ3v) is 8.45. The lowest BCUT2D eigenvalue weighted by Crippen LogP contribution is -1.95. The predicted octanol–water partition coefficient (Wildman–Crippen LogP) is 10.2. The number of hydrogen-bond donors (Lipinski definition) is 0. The average molecular weight is 509 g/mol. The predicted molar refractivity (Wildman–Crippen MR) is 170 cm³/mol. The monoisotopic (exact) mass is 508 g/mol. The van der Waals surface area contributed by atoms with Gasteiger partial charge in [-0.1, -0.05) is 97.1 Å². The lowest BCUT2D eigenvalue weighted by Gasteiger charge is -2.12. The topological polar surface area (TPSA) is 9.86 Å². The molecule has 9 rings (SSSR count). The lowest BCUT2D eigenvalue weighted by molar-refractivity contribution is 1.18. The van der Waals surface area contributed by atoms with Gasteiger partial charge < -0.3 is 9.13 Å². The Labute approximate surface area is 230 Å². The summed E-state index contributed by atoms with van der Waals surface area (Å²) >= 11 is 0. The SMILES string of the molecule is c1ccc(-n2c3ccccc3c3cc4ccc5c6ccccc6n(-c6ccc7ccccc7c6)c5c4cc32)cc1.